The van der Waals surface area contributed by atoms with Gasteiger partial charge in [-0.3, -0.25) is 9.79 Å². The number of aliphatic imine (C=N–C) groups is 1. The molecule has 0 radical (unpaired) electrons. The Morgan fingerprint density at radius 3 is 2.48 bits per heavy atom. The molecule has 0 aliphatic carbocycles. The van der Waals surface area contributed by atoms with Crippen LogP contribution < -0.4 is 10.6 Å². The van der Waals surface area contributed by atoms with Gasteiger partial charge in [0.2, 0.25) is 5.91 Å². The van der Waals surface area contributed by atoms with Gasteiger partial charge in [-0.25, -0.2) is 8.42 Å². The van der Waals surface area contributed by atoms with Crippen LogP contribution in [0.15, 0.2) is 40.2 Å². The number of amides is 1. The van der Waals surface area contributed by atoms with Crippen molar-refractivity contribution < 1.29 is 13.2 Å². The predicted octanol–water partition coefficient (Wildman–Crippen LogP) is 2.28. The highest BCUT2D eigenvalue weighted by atomic mass is 127. The lowest BCUT2D eigenvalue weighted by atomic mass is 10.2. The predicted molar refractivity (Wildman–Crippen MR) is 127 cm³/mol. The van der Waals surface area contributed by atoms with E-state index in [0.717, 1.165) is 13.0 Å². The lowest BCUT2D eigenvalue weighted by Gasteiger charge is -2.23. The molecule has 7 nitrogen and oxygen atoms in total. The Kier molecular flexibility index (Phi) is 10.4. The number of carbonyl (C=O) groups excluding carboxylic acids is 1. The highest BCUT2D eigenvalue weighted by Gasteiger charge is 2.28. The number of benzene rings is 1. The van der Waals surface area contributed by atoms with Crippen LogP contribution in [0.5, 0.6) is 0 Å². The Balaban J connectivity index is 0.00000420. The molecule has 2 atom stereocenters. The third-order valence-electron chi connectivity index (χ3n) is 4.91. The van der Waals surface area contributed by atoms with Gasteiger partial charge < -0.3 is 15.5 Å². The monoisotopic (exact) mass is 536 g/mol. The lowest BCUT2D eigenvalue weighted by Crippen LogP contribution is -2.50. The van der Waals surface area contributed by atoms with Crippen molar-refractivity contribution in [3.05, 3.63) is 30.3 Å². The van der Waals surface area contributed by atoms with E-state index in [-0.39, 0.29) is 53.6 Å². The second-order valence-corrected chi connectivity index (χ2v) is 9.52. The average molecular weight is 536 g/mol. The van der Waals surface area contributed by atoms with Gasteiger partial charge in [0.05, 0.1) is 10.6 Å². The first-order valence-corrected chi connectivity index (χ1v) is 11.5. The van der Waals surface area contributed by atoms with Crippen molar-refractivity contribution in [2.75, 3.05) is 25.9 Å². The summed E-state index contributed by atoms with van der Waals surface area (Å²) in [5.74, 6) is 0.715. The van der Waals surface area contributed by atoms with Gasteiger partial charge in [0.15, 0.2) is 15.8 Å². The van der Waals surface area contributed by atoms with Gasteiger partial charge in [0.25, 0.3) is 0 Å². The molecule has 0 spiro atoms. The van der Waals surface area contributed by atoms with Crippen molar-refractivity contribution in [3.8, 4) is 0 Å². The SMILES string of the molecule is CCC(CS(=O)(=O)c1ccccc1)NC(=NC)NC1CCN(C(=O)C(C)C)C1.I. The van der Waals surface area contributed by atoms with Crippen LogP contribution in [0.4, 0.5) is 0 Å². The molecule has 1 aliphatic rings. The Morgan fingerprint density at radius 2 is 1.93 bits per heavy atom. The van der Waals surface area contributed by atoms with Crippen LogP contribution in [-0.2, 0) is 14.6 Å². The van der Waals surface area contributed by atoms with Gasteiger partial charge in [-0.2, -0.15) is 0 Å². The van der Waals surface area contributed by atoms with E-state index in [9.17, 15) is 13.2 Å². The van der Waals surface area contributed by atoms with E-state index < -0.39 is 9.84 Å². The lowest BCUT2D eigenvalue weighted by molar-refractivity contribution is -0.133. The number of likely N-dealkylation sites (tertiary alicyclic amines) is 1. The minimum Gasteiger partial charge on any atom is -0.353 e. The van der Waals surface area contributed by atoms with Crippen LogP contribution in [0.2, 0.25) is 0 Å². The third-order valence-corrected chi connectivity index (χ3v) is 6.75. The van der Waals surface area contributed by atoms with Gasteiger partial charge in [0, 0.05) is 38.1 Å². The highest BCUT2D eigenvalue weighted by Crippen LogP contribution is 2.14. The molecule has 29 heavy (non-hydrogen) atoms. The molecule has 1 amide bonds. The number of guanidine groups is 1. The summed E-state index contributed by atoms with van der Waals surface area (Å²) in [5.41, 5.74) is 0. The summed E-state index contributed by atoms with van der Waals surface area (Å²) in [6.07, 6.45) is 1.49. The van der Waals surface area contributed by atoms with Gasteiger partial charge in [-0.15, -0.1) is 24.0 Å². The maximum Gasteiger partial charge on any atom is 0.225 e. The summed E-state index contributed by atoms with van der Waals surface area (Å²) in [6.45, 7) is 7.12. The van der Waals surface area contributed by atoms with Crippen molar-refractivity contribution in [3.63, 3.8) is 0 Å². The fourth-order valence-electron chi connectivity index (χ4n) is 3.25. The number of halogens is 1. The summed E-state index contributed by atoms with van der Waals surface area (Å²) >= 11 is 0. The zero-order chi connectivity index (χ0) is 20.7. The number of sulfone groups is 1. The van der Waals surface area contributed by atoms with Crippen molar-refractivity contribution in [2.24, 2.45) is 10.9 Å². The molecule has 1 aliphatic heterocycles. The van der Waals surface area contributed by atoms with Crippen LogP contribution in [0.3, 0.4) is 0 Å². The van der Waals surface area contributed by atoms with Gasteiger partial charge in [0.1, 0.15) is 0 Å². The maximum absolute atomic E-state index is 12.7. The fourth-order valence-corrected chi connectivity index (χ4v) is 4.86. The molecule has 1 fully saturated rings. The second kappa shape index (κ2) is 11.7. The minimum atomic E-state index is -3.38. The Bertz CT molecular complexity index is 784. The zero-order valence-electron chi connectivity index (χ0n) is 17.6. The molecular weight excluding hydrogens is 503 g/mol. The molecule has 2 N–H and O–H groups in total. The molecule has 1 heterocycles. The first-order valence-electron chi connectivity index (χ1n) is 9.83. The van der Waals surface area contributed by atoms with Crippen LogP contribution in [-0.4, -0.2) is 63.2 Å². The summed E-state index contributed by atoms with van der Waals surface area (Å²) < 4.78 is 25.3. The molecule has 0 bridgehead atoms. The number of carbonyl (C=O) groups is 1. The summed E-state index contributed by atoms with van der Waals surface area (Å²) in [4.78, 5) is 18.6. The molecule has 2 rings (SSSR count). The quantitative estimate of drug-likeness (QED) is 0.317. The Hall–Kier alpha value is -1.36. The Morgan fingerprint density at radius 1 is 1.28 bits per heavy atom. The van der Waals surface area contributed by atoms with Crippen molar-refractivity contribution in [1.29, 1.82) is 0 Å². The number of nitrogens with zero attached hydrogens (tertiary/aromatic N) is 2. The molecule has 9 heteroatoms. The zero-order valence-corrected chi connectivity index (χ0v) is 20.7. The first kappa shape index (κ1) is 25.7. The maximum atomic E-state index is 12.7. The van der Waals surface area contributed by atoms with E-state index in [1.54, 1.807) is 37.4 Å². The smallest absolute Gasteiger partial charge is 0.225 e. The van der Waals surface area contributed by atoms with Gasteiger partial charge in [-0.05, 0) is 25.0 Å². The van der Waals surface area contributed by atoms with Crippen molar-refractivity contribution >= 4 is 45.7 Å². The van der Waals surface area contributed by atoms with Crippen LogP contribution >= 0.6 is 24.0 Å². The van der Waals surface area contributed by atoms with E-state index in [0.29, 0.717) is 23.8 Å². The second-order valence-electron chi connectivity index (χ2n) is 7.49. The van der Waals surface area contributed by atoms with E-state index >= 15 is 0 Å². The summed E-state index contributed by atoms with van der Waals surface area (Å²) in [6, 6.07) is 8.35. The van der Waals surface area contributed by atoms with E-state index in [1.165, 1.54) is 0 Å². The van der Waals surface area contributed by atoms with Crippen molar-refractivity contribution in [1.82, 2.24) is 15.5 Å². The number of nitrogens with one attached hydrogen (secondary N) is 2. The van der Waals surface area contributed by atoms with Crippen molar-refractivity contribution in [2.45, 2.75) is 50.6 Å². The highest BCUT2D eigenvalue weighted by molar-refractivity contribution is 14.0. The average Bonchev–Trinajstić information content (AvgIpc) is 3.15. The van der Waals surface area contributed by atoms with Gasteiger partial charge >= 0.3 is 0 Å². The molecule has 2 unspecified atom stereocenters. The van der Waals surface area contributed by atoms with E-state index in [2.05, 4.69) is 15.6 Å². The minimum absolute atomic E-state index is 0. The number of hydrogen-bond acceptors (Lipinski definition) is 4. The topological polar surface area (TPSA) is 90.9 Å². The van der Waals surface area contributed by atoms with Crippen LogP contribution in [0.1, 0.15) is 33.6 Å². The van der Waals surface area contributed by atoms with Crippen LogP contribution in [0, 0.1) is 5.92 Å². The standard InChI is InChI=1S/C20H32N4O3S.HI/c1-5-16(14-28(26,27)18-9-7-6-8-10-18)22-20(21-4)23-17-11-12-24(13-17)19(25)15(2)3;/h6-10,15-17H,5,11-14H2,1-4H3,(H2,21,22,23);1H. The normalized spacial score (nSPS) is 18.3. The summed E-state index contributed by atoms with van der Waals surface area (Å²) in [5, 5.41) is 6.56. The molecule has 1 aromatic carbocycles. The van der Waals surface area contributed by atoms with Crippen LogP contribution in [0.25, 0.3) is 0 Å². The molecule has 164 valence electrons. The van der Waals surface area contributed by atoms with E-state index in [1.807, 2.05) is 25.7 Å². The first-order chi connectivity index (χ1) is 13.3. The summed E-state index contributed by atoms with van der Waals surface area (Å²) in [7, 11) is -1.71. The molecule has 0 aromatic heterocycles. The largest absolute Gasteiger partial charge is 0.353 e. The molecule has 1 saturated heterocycles. The number of rotatable bonds is 7. The van der Waals surface area contributed by atoms with E-state index in [4.69, 9.17) is 0 Å². The Labute approximate surface area is 191 Å². The van der Waals surface area contributed by atoms with Gasteiger partial charge in [-0.1, -0.05) is 39.0 Å². The number of hydrogen-bond donors (Lipinski definition) is 2. The fraction of sp³-hybridized carbons (Fsp3) is 0.600. The molecular formula is C20H33IN4O3S. The molecule has 0 saturated carbocycles. The third kappa shape index (κ3) is 7.44. The molecule has 1 aromatic rings.